The van der Waals surface area contributed by atoms with Crippen LogP contribution in [0, 0.1) is 6.92 Å². The van der Waals surface area contributed by atoms with Crippen LogP contribution in [0.15, 0.2) is 48.5 Å². The second-order valence-electron chi connectivity index (χ2n) is 8.44. The standard InChI is InChI=1S/C24H31N3O3S/c1-19-3-5-20(6-4-19)21-7-9-22(10-8-21)26-13-15-27(16-14-26)31(2,29)24(23(25)28)11-17-30-18-12-24/h3-10H,2,11-18H2,1H3,(H2,25,28). The summed E-state index contributed by atoms with van der Waals surface area (Å²) in [6.45, 7) is 5.48. The quantitative estimate of drug-likeness (QED) is 0.723. The van der Waals surface area contributed by atoms with Crippen LogP contribution >= 0.6 is 0 Å². The first-order valence-corrected chi connectivity index (χ1v) is 12.4. The van der Waals surface area contributed by atoms with Gasteiger partial charge in [-0.25, -0.2) is 4.31 Å². The van der Waals surface area contributed by atoms with Crippen LogP contribution in [0.1, 0.15) is 18.4 Å². The van der Waals surface area contributed by atoms with Gasteiger partial charge in [-0.1, -0.05) is 42.0 Å². The zero-order valence-electron chi connectivity index (χ0n) is 18.1. The molecule has 0 aromatic heterocycles. The minimum atomic E-state index is -2.85. The number of nitrogens with two attached hydrogens (primary N) is 1. The highest BCUT2D eigenvalue weighted by Crippen LogP contribution is 2.33. The molecule has 2 aromatic rings. The summed E-state index contributed by atoms with van der Waals surface area (Å²) in [6.07, 6.45) is 0.733. The third kappa shape index (κ3) is 4.10. The summed E-state index contributed by atoms with van der Waals surface area (Å²) in [7, 11) is -2.85. The molecule has 2 fully saturated rings. The van der Waals surface area contributed by atoms with Gasteiger partial charge in [0.25, 0.3) is 0 Å². The van der Waals surface area contributed by atoms with E-state index in [-0.39, 0.29) is 0 Å². The van der Waals surface area contributed by atoms with Crippen LogP contribution in [-0.4, -0.2) is 64.4 Å². The Labute approximate surface area is 185 Å². The highest BCUT2D eigenvalue weighted by molar-refractivity contribution is 8.00. The first-order valence-electron chi connectivity index (χ1n) is 10.8. The first kappa shape index (κ1) is 21.9. The number of anilines is 1. The number of aryl methyl sites for hydroxylation is 1. The van der Waals surface area contributed by atoms with E-state index in [4.69, 9.17) is 10.5 Å². The number of piperazine rings is 1. The number of hydrogen-bond donors (Lipinski definition) is 1. The Morgan fingerprint density at radius 2 is 1.48 bits per heavy atom. The molecule has 2 saturated heterocycles. The van der Waals surface area contributed by atoms with Gasteiger partial charge in [0.1, 0.15) is 4.75 Å². The fraction of sp³-hybridized carbons (Fsp3) is 0.417. The highest BCUT2D eigenvalue weighted by Gasteiger charge is 2.49. The largest absolute Gasteiger partial charge is 0.381 e. The molecule has 0 aliphatic carbocycles. The van der Waals surface area contributed by atoms with Gasteiger partial charge in [-0.3, -0.25) is 9.00 Å². The van der Waals surface area contributed by atoms with Crippen molar-refractivity contribution in [2.45, 2.75) is 24.5 Å². The minimum Gasteiger partial charge on any atom is -0.381 e. The third-order valence-electron chi connectivity index (χ3n) is 6.63. The molecule has 31 heavy (non-hydrogen) atoms. The van der Waals surface area contributed by atoms with Crippen molar-refractivity contribution in [1.29, 1.82) is 0 Å². The van der Waals surface area contributed by atoms with E-state index in [2.05, 4.69) is 66.2 Å². The molecule has 1 atom stereocenters. The number of amides is 1. The maximum absolute atomic E-state index is 13.8. The monoisotopic (exact) mass is 441 g/mol. The smallest absolute Gasteiger partial charge is 0.237 e. The number of ether oxygens (including phenoxy) is 1. The second kappa shape index (κ2) is 8.65. The van der Waals surface area contributed by atoms with Crippen LogP contribution < -0.4 is 10.6 Å². The van der Waals surface area contributed by atoms with Crippen molar-refractivity contribution >= 4 is 27.2 Å². The molecule has 2 aliphatic heterocycles. The van der Waals surface area contributed by atoms with E-state index in [9.17, 15) is 9.00 Å². The van der Waals surface area contributed by atoms with Crippen LogP contribution in [-0.2, 0) is 19.2 Å². The summed E-state index contributed by atoms with van der Waals surface area (Å²) in [4.78, 5) is 14.6. The number of primary amides is 1. The van der Waals surface area contributed by atoms with Crippen LogP contribution in [0.25, 0.3) is 11.1 Å². The first-order chi connectivity index (χ1) is 14.8. The lowest BCUT2D eigenvalue weighted by Gasteiger charge is -2.45. The molecular weight excluding hydrogens is 410 g/mol. The Hall–Kier alpha value is -2.35. The molecule has 0 bridgehead atoms. The normalized spacial score (nSPS) is 21.4. The van der Waals surface area contributed by atoms with Gasteiger partial charge >= 0.3 is 0 Å². The SMILES string of the molecule is C=S(=O)(N1CCN(c2ccc(-c3ccc(C)cc3)cc2)CC1)C1(C(N)=O)CCOCC1. The maximum atomic E-state index is 13.8. The van der Waals surface area contributed by atoms with Gasteiger partial charge in [-0.05, 0) is 48.9 Å². The van der Waals surface area contributed by atoms with Crippen molar-refractivity contribution in [1.82, 2.24) is 4.31 Å². The molecule has 2 N–H and O–H groups in total. The number of hydrogen-bond acceptors (Lipinski definition) is 4. The predicted octanol–water partition coefficient (Wildman–Crippen LogP) is 2.45. The fourth-order valence-corrected chi connectivity index (χ4v) is 6.89. The van der Waals surface area contributed by atoms with E-state index in [0.717, 1.165) is 18.8 Å². The molecule has 0 spiro atoms. The number of benzene rings is 2. The number of carbonyl (C=O) groups excluding carboxylic acids is 1. The molecule has 0 saturated carbocycles. The molecule has 166 valence electrons. The lowest BCUT2D eigenvalue weighted by atomic mass is 9.98. The van der Waals surface area contributed by atoms with Crippen molar-refractivity contribution in [2.75, 3.05) is 44.3 Å². The minimum absolute atomic E-state index is 0.366. The maximum Gasteiger partial charge on any atom is 0.237 e. The van der Waals surface area contributed by atoms with Gasteiger partial charge in [-0.15, -0.1) is 0 Å². The number of rotatable bonds is 5. The van der Waals surface area contributed by atoms with Crippen LogP contribution in [0.3, 0.4) is 0 Å². The molecule has 1 unspecified atom stereocenters. The Morgan fingerprint density at radius 1 is 0.968 bits per heavy atom. The Bertz CT molecular complexity index is 1020. The fourth-order valence-electron chi connectivity index (χ4n) is 4.52. The topological polar surface area (TPSA) is 75.9 Å². The van der Waals surface area contributed by atoms with Crippen molar-refractivity contribution in [3.8, 4) is 11.1 Å². The van der Waals surface area contributed by atoms with Gasteiger partial charge < -0.3 is 15.4 Å². The van der Waals surface area contributed by atoms with Crippen LogP contribution in [0.2, 0.25) is 0 Å². The molecular formula is C24H31N3O3S. The van der Waals surface area contributed by atoms with E-state index in [1.807, 2.05) is 4.31 Å². The summed E-state index contributed by atoms with van der Waals surface area (Å²) < 4.78 is 19.9. The second-order valence-corrected chi connectivity index (χ2v) is 11.0. The average molecular weight is 442 g/mol. The molecule has 1 amide bonds. The molecule has 6 nitrogen and oxygen atoms in total. The van der Waals surface area contributed by atoms with Gasteiger partial charge in [0, 0.05) is 54.8 Å². The molecule has 2 aromatic carbocycles. The summed E-state index contributed by atoms with van der Waals surface area (Å²) in [5.74, 6) is 3.52. The van der Waals surface area contributed by atoms with Gasteiger partial charge in [0.05, 0.1) is 0 Å². The number of carbonyl (C=O) groups is 1. The zero-order chi connectivity index (χ0) is 22.1. The van der Waals surface area contributed by atoms with Crippen molar-refractivity contribution in [3.05, 3.63) is 54.1 Å². The van der Waals surface area contributed by atoms with Crippen molar-refractivity contribution < 1.29 is 13.7 Å². The third-order valence-corrected chi connectivity index (χ3v) is 9.66. The van der Waals surface area contributed by atoms with Gasteiger partial charge in [0.2, 0.25) is 5.91 Å². The van der Waals surface area contributed by atoms with Crippen molar-refractivity contribution in [3.63, 3.8) is 0 Å². The summed E-state index contributed by atoms with van der Waals surface area (Å²) in [6, 6.07) is 17.1. The highest BCUT2D eigenvalue weighted by atomic mass is 32.2. The summed E-state index contributed by atoms with van der Waals surface area (Å²) in [5.41, 5.74) is 10.5. The van der Waals surface area contributed by atoms with E-state index in [1.54, 1.807) is 0 Å². The molecule has 0 radical (unpaired) electrons. The van der Waals surface area contributed by atoms with Crippen molar-refractivity contribution in [2.24, 2.45) is 5.73 Å². The lowest BCUT2D eigenvalue weighted by molar-refractivity contribution is -0.122. The molecule has 4 rings (SSSR count). The molecule has 2 aliphatic rings. The Balaban J connectivity index is 1.44. The van der Waals surface area contributed by atoms with Crippen LogP contribution in [0.5, 0.6) is 0 Å². The Morgan fingerprint density at radius 3 is 2.00 bits per heavy atom. The number of nitrogens with zero attached hydrogens (tertiary/aromatic N) is 2. The summed E-state index contributed by atoms with van der Waals surface area (Å²) in [5, 5.41) is 0. The van der Waals surface area contributed by atoms with Gasteiger partial charge in [-0.2, -0.15) is 0 Å². The van der Waals surface area contributed by atoms with E-state index < -0.39 is 20.4 Å². The molecule has 7 heteroatoms. The average Bonchev–Trinajstić information content (AvgIpc) is 2.80. The lowest BCUT2D eigenvalue weighted by Crippen LogP contribution is -2.61. The van der Waals surface area contributed by atoms with E-state index in [1.165, 1.54) is 16.7 Å². The van der Waals surface area contributed by atoms with Crippen LogP contribution in [0.4, 0.5) is 5.69 Å². The Kier molecular flexibility index (Phi) is 6.10. The summed E-state index contributed by atoms with van der Waals surface area (Å²) >= 11 is 0. The van der Waals surface area contributed by atoms with E-state index >= 15 is 0 Å². The zero-order valence-corrected chi connectivity index (χ0v) is 18.9. The predicted molar refractivity (Wildman–Crippen MR) is 128 cm³/mol. The van der Waals surface area contributed by atoms with Gasteiger partial charge in [0.15, 0.2) is 0 Å². The van der Waals surface area contributed by atoms with E-state index in [0.29, 0.717) is 39.1 Å². The molecule has 2 heterocycles.